The minimum absolute atomic E-state index is 0.0422. The van der Waals surface area contributed by atoms with Gasteiger partial charge in [0.05, 0.1) is 17.3 Å². The molecule has 2 heterocycles. The number of amides is 2. The number of likely N-dealkylation sites (tertiary alicyclic amines) is 1. The Bertz CT molecular complexity index is 1080. The molecule has 0 atom stereocenters. The van der Waals surface area contributed by atoms with Crippen LogP contribution in [0.4, 0.5) is 0 Å². The van der Waals surface area contributed by atoms with Crippen molar-refractivity contribution in [3.05, 3.63) is 58.6 Å². The van der Waals surface area contributed by atoms with Gasteiger partial charge in [-0.05, 0) is 68.6 Å². The average Bonchev–Trinajstić information content (AvgIpc) is 2.89. The van der Waals surface area contributed by atoms with Crippen molar-refractivity contribution < 1.29 is 19.1 Å². The standard InChI is InChI=1S/C27H33ClN4O4/c1-19-3-6-22(7-4-19)35-16-2-13-29-21-11-14-32(15-12-21)27(34)18-36-25-9-5-20(17-23(25)28)24-8-10-26(33)31-30-24/h3-7,9,17,21,29H,2,8,10-16,18H2,1H3,(H,31,33). The lowest BCUT2D eigenvalue weighted by Crippen LogP contribution is -2.46. The summed E-state index contributed by atoms with van der Waals surface area (Å²) in [7, 11) is 0. The molecule has 4 rings (SSSR count). The summed E-state index contributed by atoms with van der Waals surface area (Å²) in [5.41, 5.74) is 5.31. The van der Waals surface area contributed by atoms with Crippen molar-refractivity contribution in [1.29, 1.82) is 0 Å². The molecular weight excluding hydrogens is 480 g/mol. The highest BCUT2D eigenvalue weighted by Gasteiger charge is 2.23. The monoisotopic (exact) mass is 512 g/mol. The van der Waals surface area contributed by atoms with Gasteiger partial charge in [-0.2, -0.15) is 5.10 Å². The first-order valence-electron chi connectivity index (χ1n) is 12.5. The molecule has 1 saturated heterocycles. The van der Waals surface area contributed by atoms with Gasteiger partial charge in [0, 0.05) is 32.0 Å². The molecule has 0 radical (unpaired) electrons. The Morgan fingerprint density at radius 3 is 2.61 bits per heavy atom. The molecular formula is C27H33ClN4O4. The first kappa shape index (κ1) is 26.0. The summed E-state index contributed by atoms with van der Waals surface area (Å²) in [6, 6.07) is 13.8. The maximum absolute atomic E-state index is 12.7. The molecule has 0 spiro atoms. The van der Waals surface area contributed by atoms with Crippen LogP contribution in [0, 0.1) is 6.92 Å². The zero-order valence-electron chi connectivity index (χ0n) is 20.6. The van der Waals surface area contributed by atoms with Crippen LogP contribution in [0.5, 0.6) is 11.5 Å². The van der Waals surface area contributed by atoms with Crippen LogP contribution in [-0.4, -0.2) is 61.3 Å². The summed E-state index contributed by atoms with van der Waals surface area (Å²) in [6.45, 7) is 4.99. The lowest BCUT2D eigenvalue weighted by Gasteiger charge is -2.32. The maximum atomic E-state index is 12.7. The Morgan fingerprint density at radius 1 is 1.14 bits per heavy atom. The smallest absolute Gasteiger partial charge is 0.260 e. The number of carbonyl (C=O) groups excluding carboxylic acids is 2. The van der Waals surface area contributed by atoms with E-state index in [0.717, 1.165) is 42.8 Å². The van der Waals surface area contributed by atoms with Crippen molar-refractivity contribution in [3.63, 3.8) is 0 Å². The van der Waals surface area contributed by atoms with Gasteiger partial charge in [-0.3, -0.25) is 9.59 Å². The van der Waals surface area contributed by atoms with E-state index in [0.29, 0.717) is 49.4 Å². The van der Waals surface area contributed by atoms with Crippen LogP contribution in [-0.2, 0) is 9.59 Å². The number of carbonyl (C=O) groups is 2. The van der Waals surface area contributed by atoms with Crippen LogP contribution in [0.1, 0.15) is 43.2 Å². The van der Waals surface area contributed by atoms with Crippen molar-refractivity contribution in [2.24, 2.45) is 5.10 Å². The summed E-state index contributed by atoms with van der Waals surface area (Å²) in [4.78, 5) is 25.8. The van der Waals surface area contributed by atoms with Crippen molar-refractivity contribution in [2.45, 2.75) is 45.1 Å². The van der Waals surface area contributed by atoms with Gasteiger partial charge in [0.2, 0.25) is 5.91 Å². The summed E-state index contributed by atoms with van der Waals surface area (Å²) >= 11 is 6.37. The summed E-state index contributed by atoms with van der Waals surface area (Å²) in [6.07, 6.45) is 3.73. The minimum Gasteiger partial charge on any atom is -0.494 e. The Balaban J connectivity index is 1.12. The molecule has 2 aromatic rings. The summed E-state index contributed by atoms with van der Waals surface area (Å²) in [5.74, 6) is 1.23. The molecule has 1 fully saturated rings. The number of aryl methyl sites for hydroxylation is 1. The second-order valence-electron chi connectivity index (χ2n) is 9.15. The molecule has 0 unspecified atom stereocenters. The van der Waals surface area contributed by atoms with E-state index in [2.05, 4.69) is 34.9 Å². The molecule has 9 heteroatoms. The van der Waals surface area contributed by atoms with Crippen molar-refractivity contribution in [2.75, 3.05) is 32.8 Å². The molecule has 8 nitrogen and oxygen atoms in total. The number of hydrogen-bond donors (Lipinski definition) is 2. The summed E-state index contributed by atoms with van der Waals surface area (Å²) in [5, 5.41) is 8.07. The van der Waals surface area contributed by atoms with Crippen molar-refractivity contribution in [1.82, 2.24) is 15.6 Å². The number of halogens is 1. The van der Waals surface area contributed by atoms with Gasteiger partial charge in [-0.1, -0.05) is 29.3 Å². The van der Waals surface area contributed by atoms with Crippen LogP contribution < -0.4 is 20.2 Å². The van der Waals surface area contributed by atoms with Crippen molar-refractivity contribution in [3.8, 4) is 11.5 Å². The lowest BCUT2D eigenvalue weighted by molar-refractivity contribution is -0.134. The number of piperidine rings is 1. The number of nitrogens with one attached hydrogen (secondary N) is 2. The van der Waals surface area contributed by atoms with E-state index in [4.69, 9.17) is 21.1 Å². The first-order valence-corrected chi connectivity index (χ1v) is 12.8. The van der Waals surface area contributed by atoms with Gasteiger partial charge in [0.1, 0.15) is 11.5 Å². The fourth-order valence-electron chi connectivity index (χ4n) is 4.25. The number of hydrazone groups is 1. The molecule has 0 saturated carbocycles. The topological polar surface area (TPSA) is 92.3 Å². The third-order valence-corrected chi connectivity index (χ3v) is 6.71. The molecule has 192 valence electrons. The van der Waals surface area contributed by atoms with Crippen LogP contribution in [0.25, 0.3) is 0 Å². The highest BCUT2D eigenvalue weighted by Crippen LogP contribution is 2.27. The molecule has 36 heavy (non-hydrogen) atoms. The zero-order chi connectivity index (χ0) is 25.3. The number of benzene rings is 2. The molecule has 2 aliphatic rings. The molecule has 2 aliphatic heterocycles. The van der Waals surface area contributed by atoms with E-state index in [1.807, 2.05) is 23.1 Å². The molecule has 2 N–H and O–H groups in total. The van der Waals surface area contributed by atoms with Gasteiger partial charge in [0.25, 0.3) is 5.91 Å². The summed E-state index contributed by atoms with van der Waals surface area (Å²) < 4.78 is 11.5. The number of hydrogen-bond acceptors (Lipinski definition) is 6. The van der Waals surface area contributed by atoms with Crippen LogP contribution in [0.15, 0.2) is 47.6 Å². The van der Waals surface area contributed by atoms with E-state index < -0.39 is 0 Å². The Kier molecular flexibility index (Phi) is 9.19. The highest BCUT2D eigenvalue weighted by molar-refractivity contribution is 6.32. The minimum atomic E-state index is -0.0911. The largest absolute Gasteiger partial charge is 0.494 e. The van der Waals surface area contributed by atoms with Crippen LogP contribution in [0.3, 0.4) is 0 Å². The van der Waals surface area contributed by atoms with Gasteiger partial charge < -0.3 is 19.7 Å². The zero-order valence-corrected chi connectivity index (χ0v) is 21.4. The predicted octanol–water partition coefficient (Wildman–Crippen LogP) is 3.69. The predicted molar refractivity (Wildman–Crippen MR) is 140 cm³/mol. The SMILES string of the molecule is Cc1ccc(OCCCNC2CCN(C(=O)COc3ccc(C4=NNC(=O)CC4)cc3Cl)CC2)cc1. The third-order valence-electron chi connectivity index (χ3n) is 6.41. The number of nitrogens with zero attached hydrogens (tertiary/aromatic N) is 2. The normalized spacial score (nSPS) is 16.3. The Labute approximate surface area is 217 Å². The highest BCUT2D eigenvalue weighted by atomic mass is 35.5. The van der Waals surface area contributed by atoms with Crippen molar-refractivity contribution >= 4 is 29.1 Å². The molecule has 0 aromatic heterocycles. The fourth-order valence-corrected chi connectivity index (χ4v) is 4.48. The number of ether oxygens (including phenoxy) is 2. The quantitative estimate of drug-likeness (QED) is 0.474. The van der Waals surface area contributed by atoms with Gasteiger partial charge in [-0.25, -0.2) is 5.43 Å². The lowest BCUT2D eigenvalue weighted by atomic mass is 10.0. The van der Waals surface area contributed by atoms with Gasteiger partial charge in [0.15, 0.2) is 6.61 Å². The Hall–Kier alpha value is -3.10. The first-order chi connectivity index (χ1) is 17.5. The second kappa shape index (κ2) is 12.7. The van der Waals surface area contributed by atoms with E-state index in [-0.39, 0.29) is 18.4 Å². The third kappa shape index (κ3) is 7.45. The number of rotatable bonds is 10. The van der Waals surface area contributed by atoms with E-state index in [1.165, 1.54) is 5.56 Å². The molecule has 0 aliphatic carbocycles. The molecule has 2 aromatic carbocycles. The second-order valence-corrected chi connectivity index (χ2v) is 9.56. The maximum Gasteiger partial charge on any atom is 0.260 e. The average molecular weight is 513 g/mol. The van der Waals surface area contributed by atoms with E-state index in [9.17, 15) is 9.59 Å². The Morgan fingerprint density at radius 2 is 1.92 bits per heavy atom. The van der Waals surface area contributed by atoms with Crippen LogP contribution >= 0.6 is 11.6 Å². The molecule has 0 bridgehead atoms. The fraction of sp³-hybridized carbons (Fsp3) is 0.444. The van der Waals surface area contributed by atoms with E-state index in [1.54, 1.807) is 12.1 Å². The van der Waals surface area contributed by atoms with Gasteiger partial charge >= 0.3 is 0 Å². The molecule has 2 amide bonds. The van der Waals surface area contributed by atoms with Gasteiger partial charge in [-0.15, -0.1) is 0 Å². The van der Waals surface area contributed by atoms with E-state index >= 15 is 0 Å². The van der Waals surface area contributed by atoms with Crippen LogP contribution in [0.2, 0.25) is 5.02 Å².